The molecule has 2 heteroatoms. The molecule has 0 aliphatic heterocycles. The maximum Gasteiger partial charge on any atom is 0.123 e. The zero-order valence-corrected chi connectivity index (χ0v) is 14.8. The van der Waals surface area contributed by atoms with Crippen molar-refractivity contribution < 1.29 is 4.39 Å². The Morgan fingerprint density at radius 1 is 1.09 bits per heavy atom. The second kappa shape index (κ2) is 6.42. The summed E-state index contributed by atoms with van der Waals surface area (Å²) in [4.78, 5) is 0. The highest BCUT2D eigenvalue weighted by Crippen LogP contribution is 2.34. The molecule has 0 fully saturated rings. The summed E-state index contributed by atoms with van der Waals surface area (Å²) < 4.78 is 13.6. The predicted molar refractivity (Wildman–Crippen MR) is 93.4 cm³/mol. The average Bonchev–Trinajstić information content (AvgIpc) is 2.43. The summed E-state index contributed by atoms with van der Waals surface area (Å²) >= 11 is 6.29. The minimum atomic E-state index is -0.237. The molecule has 0 aliphatic carbocycles. The van der Waals surface area contributed by atoms with Gasteiger partial charge < -0.3 is 0 Å². The number of halogens is 2. The SMILES string of the molecule is Cc1ccc(CC(C)(C)c2cc(F)ccc2Cl)cc1C(C)C. The largest absolute Gasteiger partial charge is 0.207 e. The zero-order chi connectivity index (χ0) is 16.5. The Bertz CT molecular complexity index is 671. The molecule has 2 aromatic rings. The van der Waals surface area contributed by atoms with E-state index in [1.54, 1.807) is 12.1 Å². The summed E-state index contributed by atoms with van der Waals surface area (Å²) in [5.74, 6) is 0.264. The molecular formula is C20H24ClF. The van der Waals surface area contributed by atoms with Crippen molar-refractivity contribution >= 4 is 11.6 Å². The van der Waals surface area contributed by atoms with E-state index in [1.165, 1.54) is 22.8 Å². The van der Waals surface area contributed by atoms with Gasteiger partial charge in [0.25, 0.3) is 0 Å². The Balaban J connectivity index is 2.36. The fraction of sp³-hybridized carbons (Fsp3) is 0.400. The number of rotatable bonds is 4. The van der Waals surface area contributed by atoms with Crippen molar-refractivity contribution in [1.82, 2.24) is 0 Å². The van der Waals surface area contributed by atoms with E-state index >= 15 is 0 Å². The first-order valence-electron chi connectivity index (χ1n) is 7.75. The van der Waals surface area contributed by atoms with E-state index in [-0.39, 0.29) is 11.2 Å². The number of hydrogen-bond donors (Lipinski definition) is 0. The van der Waals surface area contributed by atoms with Crippen molar-refractivity contribution in [3.05, 3.63) is 69.5 Å². The zero-order valence-electron chi connectivity index (χ0n) is 14.0. The lowest BCUT2D eigenvalue weighted by Crippen LogP contribution is -2.21. The third-order valence-corrected chi connectivity index (χ3v) is 4.60. The fourth-order valence-corrected chi connectivity index (χ4v) is 3.42. The van der Waals surface area contributed by atoms with Crippen LogP contribution in [0.1, 0.15) is 55.9 Å². The maximum absolute atomic E-state index is 13.6. The first-order chi connectivity index (χ1) is 10.2. The highest BCUT2D eigenvalue weighted by molar-refractivity contribution is 6.31. The van der Waals surface area contributed by atoms with Gasteiger partial charge in [-0.05, 0) is 65.1 Å². The van der Waals surface area contributed by atoms with E-state index in [1.807, 2.05) is 0 Å². The van der Waals surface area contributed by atoms with Crippen LogP contribution < -0.4 is 0 Å². The number of hydrogen-bond acceptors (Lipinski definition) is 0. The van der Waals surface area contributed by atoms with Crippen molar-refractivity contribution in [2.45, 2.75) is 52.4 Å². The molecule has 2 aromatic carbocycles. The molecule has 0 radical (unpaired) electrons. The van der Waals surface area contributed by atoms with Crippen LogP contribution >= 0.6 is 11.6 Å². The van der Waals surface area contributed by atoms with Crippen LogP contribution in [-0.2, 0) is 11.8 Å². The lowest BCUT2D eigenvalue weighted by molar-refractivity contribution is 0.515. The summed E-state index contributed by atoms with van der Waals surface area (Å²) in [5.41, 5.74) is 4.60. The van der Waals surface area contributed by atoms with E-state index in [9.17, 15) is 4.39 Å². The topological polar surface area (TPSA) is 0 Å². The van der Waals surface area contributed by atoms with E-state index < -0.39 is 0 Å². The monoisotopic (exact) mass is 318 g/mol. The summed E-state index contributed by atoms with van der Waals surface area (Å²) in [6.07, 6.45) is 0.830. The van der Waals surface area contributed by atoms with Gasteiger partial charge >= 0.3 is 0 Å². The third kappa shape index (κ3) is 3.70. The van der Waals surface area contributed by atoms with Crippen LogP contribution in [0.15, 0.2) is 36.4 Å². The van der Waals surface area contributed by atoms with Crippen LogP contribution in [0.2, 0.25) is 5.02 Å². The van der Waals surface area contributed by atoms with Crippen LogP contribution in [0, 0.1) is 12.7 Å². The molecule has 0 bridgehead atoms. The lowest BCUT2D eigenvalue weighted by atomic mass is 9.78. The Kier molecular flexibility index (Phi) is 4.97. The van der Waals surface area contributed by atoms with E-state index in [0.29, 0.717) is 10.9 Å². The molecule has 0 atom stereocenters. The Hall–Kier alpha value is -1.34. The maximum atomic E-state index is 13.6. The van der Waals surface area contributed by atoms with Crippen molar-refractivity contribution in [3.8, 4) is 0 Å². The smallest absolute Gasteiger partial charge is 0.123 e. The molecule has 0 spiro atoms. The Morgan fingerprint density at radius 2 is 1.77 bits per heavy atom. The molecule has 0 N–H and O–H groups in total. The van der Waals surface area contributed by atoms with Gasteiger partial charge in [0.15, 0.2) is 0 Å². The molecule has 0 aliphatic rings. The van der Waals surface area contributed by atoms with Crippen LogP contribution in [-0.4, -0.2) is 0 Å². The van der Waals surface area contributed by atoms with Crippen molar-refractivity contribution in [3.63, 3.8) is 0 Å². The van der Waals surface area contributed by atoms with E-state index in [0.717, 1.165) is 12.0 Å². The second-order valence-electron chi connectivity index (χ2n) is 7.03. The van der Waals surface area contributed by atoms with E-state index in [4.69, 9.17) is 11.6 Å². The van der Waals surface area contributed by atoms with E-state index in [2.05, 4.69) is 52.8 Å². The standard InChI is InChI=1S/C20H24ClF/c1-13(2)17-10-15(7-6-14(17)3)12-20(4,5)18-11-16(22)8-9-19(18)21/h6-11,13H,12H2,1-5H3. The summed E-state index contributed by atoms with van der Waals surface area (Å²) in [6.45, 7) is 10.8. The van der Waals surface area contributed by atoms with Gasteiger partial charge in [-0.15, -0.1) is 0 Å². The van der Waals surface area contributed by atoms with Crippen LogP contribution in [0.25, 0.3) is 0 Å². The van der Waals surface area contributed by atoms with Crippen LogP contribution in [0.5, 0.6) is 0 Å². The molecule has 118 valence electrons. The number of benzene rings is 2. The lowest BCUT2D eigenvalue weighted by Gasteiger charge is -2.27. The molecule has 0 nitrogen and oxygen atoms in total. The summed E-state index contributed by atoms with van der Waals surface area (Å²) in [5, 5.41) is 0.627. The fourth-order valence-electron chi connectivity index (χ4n) is 3.04. The first-order valence-corrected chi connectivity index (χ1v) is 8.13. The molecule has 0 aromatic heterocycles. The molecule has 0 saturated heterocycles. The minimum Gasteiger partial charge on any atom is -0.207 e. The van der Waals surface area contributed by atoms with Crippen LogP contribution in [0.4, 0.5) is 4.39 Å². The van der Waals surface area contributed by atoms with Crippen molar-refractivity contribution in [2.75, 3.05) is 0 Å². The molecule has 0 unspecified atom stereocenters. The van der Waals surface area contributed by atoms with Gasteiger partial charge in [-0.25, -0.2) is 4.39 Å². The second-order valence-corrected chi connectivity index (χ2v) is 7.44. The van der Waals surface area contributed by atoms with Gasteiger partial charge in [0.1, 0.15) is 5.82 Å². The van der Waals surface area contributed by atoms with Gasteiger partial charge in [0.05, 0.1) is 0 Å². The van der Waals surface area contributed by atoms with Gasteiger partial charge in [-0.3, -0.25) is 0 Å². The van der Waals surface area contributed by atoms with Crippen molar-refractivity contribution in [1.29, 1.82) is 0 Å². The number of aryl methyl sites for hydroxylation is 1. The van der Waals surface area contributed by atoms with Gasteiger partial charge in [0.2, 0.25) is 0 Å². The normalized spacial score (nSPS) is 12.0. The average molecular weight is 319 g/mol. The van der Waals surface area contributed by atoms with Crippen LogP contribution in [0.3, 0.4) is 0 Å². The highest BCUT2D eigenvalue weighted by atomic mass is 35.5. The molecule has 22 heavy (non-hydrogen) atoms. The minimum absolute atomic E-state index is 0.220. The first kappa shape index (κ1) is 17.0. The van der Waals surface area contributed by atoms with Gasteiger partial charge in [-0.1, -0.05) is 57.5 Å². The highest BCUT2D eigenvalue weighted by Gasteiger charge is 2.24. The predicted octanol–water partition coefficient (Wildman–Crippen LogP) is 6.43. The molecule has 0 heterocycles. The molecular weight excluding hydrogens is 295 g/mol. The third-order valence-electron chi connectivity index (χ3n) is 4.27. The summed E-state index contributed by atoms with van der Waals surface area (Å²) in [6, 6.07) is 11.2. The Labute approximate surface area is 138 Å². The molecule has 0 saturated carbocycles. The van der Waals surface area contributed by atoms with Gasteiger partial charge in [-0.2, -0.15) is 0 Å². The molecule has 2 rings (SSSR count). The van der Waals surface area contributed by atoms with Gasteiger partial charge in [0, 0.05) is 5.02 Å². The summed E-state index contributed by atoms with van der Waals surface area (Å²) in [7, 11) is 0. The molecule has 0 amide bonds. The Morgan fingerprint density at radius 3 is 2.41 bits per heavy atom. The quantitative estimate of drug-likeness (QED) is 0.609. The van der Waals surface area contributed by atoms with Crippen molar-refractivity contribution in [2.24, 2.45) is 0 Å².